The molecule has 0 unspecified atom stereocenters. The Morgan fingerprint density at radius 1 is 1.16 bits per heavy atom. The van der Waals surface area contributed by atoms with E-state index >= 15 is 0 Å². The van der Waals surface area contributed by atoms with E-state index in [0.717, 1.165) is 48.6 Å². The summed E-state index contributed by atoms with van der Waals surface area (Å²) in [5.74, 6) is 3.30. The third-order valence-electron chi connectivity index (χ3n) is 7.84. The molecular formula is C23H34Cl2N4O2. The molecule has 1 saturated heterocycles. The summed E-state index contributed by atoms with van der Waals surface area (Å²) in [5.41, 5.74) is 3.05. The first kappa shape index (κ1) is 24.3. The van der Waals surface area contributed by atoms with Crippen LogP contribution in [-0.2, 0) is 4.79 Å². The first-order valence-corrected chi connectivity index (χ1v) is 11.1. The standard InChI is InChI=1S/C23H32N4O2.2ClH/c28-21(27-29)4-2-16-1-3-20(25-13-16)26-23(5-6-24-15-23)14-22-10-17-7-18(11-22)9-19(8-17)12-22;;/h1-4,13,17-19,24,29H,5-12,14-15H2,(H,25,26)(H,27,28);2*1H/b4-2+;;/t17?,18?,19?,22?,23-;;/m0../s1. The average molecular weight is 469 g/mol. The number of hydroxylamine groups is 1. The Hall–Kier alpha value is -1.34. The van der Waals surface area contributed by atoms with Gasteiger partial charge in [0.1, 0.15) is 5.82 Å². The molecule has 1 amide bonds. The predicted molar refractivity (Wildman–Crippen MR) is 127 cm³/mol. The highest BCUT2D eigenvalue weighted by molar-refractivity contribution is 5.90. The highest BCUT2D eigenvalue weighted by atomic mass is 35.5. The van der Waals surface area contributed by atoms with E-state index in [2.05, 4.69) is 15.6 Å². The van der Waals surface area contributed by atoms with Crippen LogP contribution in [0.5, 0.6) is 0 Å². The van der Waals surface area contributed by atoms with E-state index in [-0.39, 0.29) is 30.4 Å². The molecule has 4 aliphatic carbocycles. The van der Waals surface area contributed by atoms with Gasteiger partial charge in [0.15, 0.2) is 0 Å². The maximum Gasteiger partial charge on any atom is 0.267 e. The van der Waals surface area contributed by atoms with Crippen LogP contribution in [0.1, 0.15) is 56.9 Å². The molecule has 5 aliphatic rings. The number of carbonyl (C=O) groups excluding carboxylic acids is 1. The topological polar surface area (TPSA) is 86.3 Å². The molecule has 1 aromatic rings. The fourth-order valence-electron chi connectivity index (χ4n) is 7.33. The number of nitrogens with zero attached hydrogens (tertiary/aromatic N) is 1. The fraction of sp³-hybridized carbons (Fsp3) is 0.652. The van der Waals surface area contributed by atoms with Crippen molar-refractivity contribution in [3.63, 3.8) is 0 Å². The Bertz CT molecular complexity index is 758. The van der Waals surface area contributed by atoms with Gasteiger partial charge in [-0.3, -0.25) is 10.0 Å². The third kappa shape index (κ3) is 5.19. The summed E-state index contributed by atoms with van der Waals surface area (Å²) in [6.07, 6.45) is 15.9. The first-order chi connectivity index (χ1) is 14.1. The van der Waals surface area contributed by atoms with Crippen LogP contribution in [0.3, 0.4) is 0 Å². The zero-order valence-corrected chi connectivity index (χ0v) is 19.4. The third-order valence-corrected chi connectivity index (χ3v) is 7.84. The van der Waals surface area contributed by atoms with Gasteiger partial charge in [0, 0.05) is 18.8 Å². The molecule has 1 aromatic heterocycles. The molecule has 1 atom stereocenters. The molecule has 4 N–H and O–H groups in total. The van der Waals surface area contributed by atoms with Crippen LogP contribution in [0.4, 0.5) is 5.82 Å². The lowest BCUT2D eigenvalue weighted by Gasteiger charge is -2.59. The molecule has 172 valence electrons. The minimum absolute atomic E-state index is 0. The zero-order valence-electron chi connectivity index (χ0n) is 17.8. The van der Waals surface area contributed by atoms with Crippen molar-refractivity contribution >= 4 is 42.6 Å². The van der Waals surface area contributed by atoms with Gasteiger partial charge >= 0.3 is 0 Å². The lowest BCUT2D eigenvalue weighted by atomic mass is 9.47. The van der Waals surface area contributed by atoms with Crippen LogP contribution < -0.4 is 16.1 Å². The van der Waals surface area contributed by atoms with E-state index in [0.29, 0.717) is 5.41 Å². The van der Waals surface area contributed by atoms with Crippen molar-refractivity contribution in [2.75, 3.05) is 18.4 Å². The summed E-state index contributed by atoms with van der Waals surface area (Å²) in [5, 5.41) is 16.0. The zero-order chi connectivity index (χ0) is 19.9. The number of aromatic nitrogens is 1. The molecule has 31 heavy (non-hydrogen) atoms. The smallest absolute Gasteiger partial charge is 0.267 e. The largest absolute Gasteiger partial charge is 0.363 e. The van der Waals surface area contributed by atoms with E-state index in [4.69, 9.17) is 5.21 Å². The van der Waals surface area contributed by atoms with Gasteiger partial charge in [-0.1, -0.05) is 0 Å². The second-order valence-corrected chi connectivity index (χ2v) is 10.2. The number of amides is 1. The van der Waals surface area contributed by atoms with Crippen LogP contribution in [0.15, 0.2) is 24.4 Å². The van der Waals surface area contributed by atoms with Crippen LogP contribution in [0, 0.1) is 23.2 Å². The van der Waals surface area contributed by atoms with Crippen molar-refractivity contribution in [3.8, 4) is 0 Å². The van der Waals surface area contributed by atoms with Crippen molar-refractivity contribution in [2.24, 2.45) is 23.2 Å². The molecule has 1 aliphatic heterocycles. The van der Waals surface area contributed by atoms with Gasteiger partial charge in [0.25, 0.3) is 5.91 Å². The van der Waals surface area contributed by atoms with E-state index in [1.165, 1.54) is 51.0 Å². The second kappa shape index (κ2) is 9.65. The number of nitrogens with one attached hydrogen (secondary N) is 3. The molecular weight excluding hydrogens is 435 g/mol. The van der Waals surface area contributed by atoms with Gasteiger partial charge in [0.2, 0.25) is 0 Å². The summed E-state index contributed by atoms with van der Waals surface area (Å²) in [7, 11) is 0. The number of hydrogen-bond acceptors (Lipinski definition) is 5. The molecule has 2 heterocycles. The summed E-state index contributed by atoms with van der Waals surface area (Å²) >= 11 is 0. The molecule has 4 bridgehead atoms. The van der Waals surface area contributed by atoms with Crippen LogP contribution in [0.25, 0.3) is 6.08 Å². The SMILES string of the molecule is Cl.Cl.O=C(/C=C/c1ccc(N[C@]2(CC34CC5CC(CC(C5)C3)C4)CCNC2)nc1)NO. The number of carbonyl (C=O) groups is 1. The Morgan fingerprint density at radius 3 is 2.35 bits per heavy atom. The van der Waals surface area contributed by atoms with E-state index in [1.807, 2.05) is 12.1 Å². The fourth-order valence-corrected chi connectivity index (χ4v) is 7.33. The lowest BCUT2D eigenvalue weighted by Crippen LogP contribution is -2.52. The van der Waals surface area contributed by atoms with Crippen LogP contribution in [-0.4, -0.2) is 34.7 Å². The number of halogens is 2. The highest BCUT2D eigenvalue weighted by Gasteiger charge is 2.54. The number of anilines is 1. The van der Waals surface area contributed by atoms with Gasteiger partial charge in [-0.15, -0.1) is 24.8 Å². The molecule has 0 spiro atoms. The number of pyridine rings is 1. The van der Waals surface area contributed by atoms with Crippen molar-refractivity contribution < 1.29 is 10.0 Å². The molecule has 6 nitrogen and oxygen atoms in total. The van der Waals surface area contributed by atoms with E-state index < -0.39 is 5.91 Å². The highest BCUT2D eigenvalue weighted by Crippen LogP contribution is 2.62. The summed E-state index contributed by atoms with van der Waals surface area (Å²) in [4.78, 5) is 15.7. The normalized spacial score (nSPS) is 35.5. The Labute approximate surface area is 196 Å². The number of rotatable bonds is 6. The first-order valence-electron chi connectivity index (χ1n) is 11.1. The van der Waals surface area contributed by atoms with Crippen LogP contribution >= 0.6 is 24.8 Å². The Kier molecular flexibility index (Phi) is 7.57. The maximum absolute atomic E-state index is 11.1. The second-order valence-electron chi connectivity index (χ2n) is 10.2. The van der Waals surface area contributed by atoms with Crippen molar-refractivity contribution in [2.45, 2.75) is 56.9 Å². The van der Waals surface area contributed by atoms with Crippen LogP contribution in [0.2, 0.25) is 0 Å². The van der Waals surface area contributed by atoms with Gasteiger partial charge < -0.3 is 10.6 Å². The van der Waals surface area contributed by atoms with Crippen molar-refractivity contribution in [3.05, 3.63) is 30.0 Å². The number of hydrogen-bond donors (Lipinski definition) is 4. The Morgan fingerprint density at radius 2 is 1.84 bits per heavy atom. The minimum Gasteiger partial charge on any atom is -0.363 e. The maximum atomic E-state index is 11.1. The molecule has 0 radical (unpaired) electrons. The minimum atomic E-state index is -0.543. The van der Waals surface area contributed by atoms with Gasteiger partial charge in [-0.2, -0.15) is 0 Å². The van der Waals surface area contributed by atoms with E-state index in [1.54, 1.807) is 17.8 Å². The van der Waals surface area contributed by atoms with Crippen molar-refractivity contribution in [1.82, 2.24) is 15.8 Å². The average Bonchev–Trinajstić information content (AvgIpc) is 3.13. The summed E-state index contributed by atoms with van der Waals surface area (Å²) < 4.78 is 0. The monoisotopic (exact) mass is 468 g/mol. The van der Waals surface area contributed by atoms with Gasteiger partial charge in [0.05, 0.1) is 5.54 Å². The molecule has 8 heteroatoms. The molecule has 0 aromatic carbocycles. The lowest BCUT2D eigenvalue weighted by molar-refractivity contribution is -0.124. The van der Waals surface area contributed by atoms with E-state index in [9.17, 15) is 4.79 Å². The molecule has 5 fully saturated rings. The predicted octanol–water partition coefficient (Wildman–Crippen LogP) is 4.19. The summed E-state index contributed by atoms with van der Waals surface area (Å²) in [6, 6.07) is 3.95. The van der Waals surface area contributed by atoms with Gasteiger partial charge in [-0.25, -0.2) is 10.5 Å². The van der Waals surface area contributed by atoms with Crippen molar-refractivity contribution in [1.29, 1.82) is 0 Å². The van der Waals surface area contributed by atoms with Gasteiger partial charge in [-0.05, 0) is 105 Å². The molecule has 4 saturated carbocycles. The molecule has 6 rings (SSSR count). The quantitative estimate of drug-likeness (QED) is 0.285. The summed E-state index contributed by atoms with van der Waals surface area (Å²) in [6.45, 7) is 2.07. The Balaban J connectivity index is 0.00000136.